The SMILES string of the molecule is Cc1ccc(CC(=O)N2CCCN(C(=O)C3=NNC(=O)CC3)CC2)cc1C. The third-order valence-electron chi connectivity index (χ3n) is 5.21. The van der Waals surface area contributed by atoms with Gasteiger partial charge >= 0.3 is 0 Å². The molecule has 2 heterocycles. The molecule has 0 saturated carbocycles. The summed E-state index contributed by atoms with van der Waals surface area (Å²) in [5.41, 5.74) is 6.19. The van der Waals surface area contributed by atoms with Crippen molar-refractivity contribution in [3.05, 3.63) is 34.9 Å². The van der Waals surface area contributed by atoms with Crippen LogP contribution in [0.3, 0.4) is 0 Å². The smallest absolute Gasteiger partial charge is 0.270 e. The van der Waals surface area contributed by atoms with Crippen molar-refractivity contribution in [2.45, 2.75) is 39.5 Å². The lowest BCUT2D eigenvalue weighted by Crippen LogP contribution is -2.42. The topological polar surface area (TPSA) is 82.1 Å². The van der Waals surface area contributed by atoms with Crippen LogP contribution in [0.2, 0.25) is 0 Å². The van der Waals surface area contributed by atoms with Gasteiger partial charge in [-0.1, -0.05) is 18.2 Å². The number of nitrogens with one attached hydrogen (secondary N) is 1. The normalized spacial score (nSPS) is 17.9. The highest BCUT2D eigenvalue weighted by Crippen LogP contribution is 2.13. The van der Waals surface area contributed by atoms with E-state index in [1.165, 1.54) is 11.1 Å². The van der Waals surface area contributed by atoms with Crippen molar-refractivity contribution in [3.63, 3.8) is 0 Å². The van der Waals surface area contributed by atoms with Crippen LogP contribution < -0.4 is 5.43 Å². The molecule has 2 aliphatic heterocycles. The van der Waals surface area contributed by atoms with Crippen LogP contribution in [0.15, 0.2) is 23.3 Å². The number of amides is 3. The Kier molecular flexibility index (Phi) is 5.88. The second-order valence-electron chi connectivity index (χ2n) is 7.22. The van der Waals surface area contributed by atoms with Crippen LogP contribution in [-0.2, 0) is 20.8 Å². The number of rotatable bonds is 3. The van der Waals surface area contributed by atoms with E-state index in [2.05, 4.69) is 30.4 Å². The van der Waals surface area contributed by atoms with Crippen molar-refractivity contribution < 1.29 is 14.4 Å². The number of hydrazone groups is 1. The summed E-state index contributed by atoms with van der Waals surface area (Å²) in [5, 5.41) is 3.89. The maximum Gasteiger partial charge on any atom is 0.270 e. The maximum atomic E-state index is 12.7. The molecule has 0 radical (unpaired) electrons. The molecular weight excluding hydrogens is 344 g/mol. The number of hydrogen-bond donors (Lipinski definition) is 1. The highest BCUT2D eigenvalue weighted by molar-refractivity contribution is 6.39. The minimum Gasteiger partial charge on any atom is -0.341 e. The molecule has 1 saturated heterocycles. The number of carbonyl (C=O) groups is 3. The van der Waals surface area contributed by atoms with Crippen molar-refractivity contribution in [1.29, 1.82) is 0 Å². The molecule has 0 aliphatic carbocycles. The molecule has 0 unspecified atom stereocenters. The zero-order valence-corrected chi connectivity index (χ0v) is 16.0. The van der Waals surface area contributed by atoms with E-state index in [0.29, 0.717) is 51.2 Å². The molecule has 3 amide bonds. The van der Waals surface area contributed by atoms with Crippen LogP contribution in [-0.4, -0.2) is 59.4 Å². The molecule has 7 heteroatoms. The monoisotopic (exact) mass is 370 g/mol. The summed E-state index contributed by atoms with van der Waals surface area (Å²) in [4.78, 5) is 40.0. The van der Waals surface area contributed by atoms with E-state index in [9.17, 15) is 14.4 Å². The van der Waals surface area contributed by atoms with Gasteiger partial charge in [0, 0.05) is 39.0 Å². The Hall–Kier alpha value is -2.70. The fourth-order valence-electron chi connectivity index (χ4n) is 3.38. The molecular formula is C20H26N4O3. The standard InChI is InChI=1S/C20H26N4O3/c1-14-4-5-16(12-15(14)2)13-19(26)23-8-3-9-24(11-10-23)20(27)17-6-7-18(25)22-21-17/h4-5,12H,3,6-11,13H2,1-2H3,(H,22,25). The Balaban J connectivity index is 1.57. The van der Waals surface area contributed by atoms with Gasteiger partial charge in [-0.2, -0.15) is 5.10 Å². The van der Waals surface area contributed by atoms with Crippen molar-refractivity contribution in [2.24, 2.45) is 5.10 Å². The fourth-order valence-corrected chi connectivity index (χ4v) is 3.38. The van der Waals surface area contributed by atoms with Gasteiger partial charge in [-0.15, -0.1) is 0 Å². The zero-order chi connectivity index (χ0) is 19.4. The first-order valence-electron chi connectivity index (χ1n) is 9.42. The Morgan fingerprint density at radius 2 is 1.78 bits per heavy atom. The van der Waals surface area contributed by atoms with E-state index >= 15 is 0 Å². The second kappa shape index (κ2) is 8.33. The average Bonchev–Trinajstić information content (AvgIpc) is 2.91. The number of benzene rings is 1. The second-order valence-corrected chi connectivity index (χ2v) is 7.22. The quantitative estimate of drug-likeness (QED) is 0.867. The molecule has 3 rings (SSSR count). The van der Waals surface area contributed by atoms with E-state index in [-0.39, 0.29) is 17.7 Å². The molecule has 0 spiro atoms. The van der Waals surface area contributed by atoms with Crippen molar-refractivity contribution in [3.8, 4) is 0 Å². The average molecular weight is 370 g/mol. The van der Waals surface area contributed by atoms with Crippen LogP contribution in [0.4, 0.5) is 0 Å². The van der Waals surface area contributed by atoms with Crippen molar-refractivity contribution >= 4 is 23.4 Å². The summed E-state index contributed by atoms with van der Waals surface area (Å²) >= 11 is 0. The van der Waals surface area contributed by atoms with Crippen molar-refractivity contribution in [2.75, 3.05) is 26.2 Å². The Bertz CT molecular complexity index is 787. The first-order chi connectivity index (χ1) is 12.9. The first kappa shape index (κ1) is 19.1. The predicted molar refractivity (Wildman–Crippen MR) is 102 cm³/mol. The molecule has 7 nitrogen and oxygen atoms in total. The van der Waals surface area contributed by atoms with Gasteiger partial charge in [-0.05, 0) is 37.0 Å². The van der Waals surface area contributed by atoms with Gasteiger partial charge < -0.3 is 9.80 Å². The fraction of sp³-hybridized carbons (Fsp3) is 0.500. The van der Waals surface area contributed by atoms with E-state index < -0.39 is 0 Å². The van der Waals surface area contributed by atoms with Gasteiger partial charge in [0.15, 0.2) is 0 Å². The van der Waals surface area contributed by atoms with Crippen LogP contribution >= 0.6 is 0 Å². The number of aryl methyl sites for hydroxylation is 2. The largest absolute Gasteiger partial charge is 0.341 e. The van der Waals surface area contributed by atoms with Gasteiger partial charge in [0.2, 0.25) is 11.8 Å². The van der Waals surface area contributed by atoms with E-state index in [0.717, 1.165) is 12.0 Å². The van der Waals surface area contributed by atoms with Gasteiger partial charge in [0.1, 0.15) is 5.71 Å². The van der Waals surface area contributed by atoms with Gasteiger partial charge in [0.25, 0.3) is 5.91 Å². The maximum absolute atomic E-state index is 12.7. The highest BCUT2D eigenvalue weighted by atomic mass is 16.2. The van der Waals surface area contributed by atoms with E-state index in [4.69, 9.17) is 0 Å². The Labute approximate surface area is 159 Å². The van der Waals surface area contributed by atoms with Crippen LogP contribution in [0.25, 0.3) is 0 Å². The van der Waals surface area contributed by atoms with Gasteiger partial charge in [0.05, 0.1) is 6.42 Å². The van der Waals surface area contributed by atoms with Crippen LogP contribution in [0.5, 0.6) is 0 Å². The lowest BCUT2D eigenvalue weighted by atomic mass is 10.0. The molecule has 1 fully saturated rings. The summed E-state index contributed by atoms with van der Waals surface area (Å²) < 4.78 is 0. The number of hydrogen-bond acceptors (Lipinski definition) is 4. The molecule has 0 aromatic heterocycles. The third kappa shape index (κ3) is 4.72. The predicted octanol–water partition coefficient (Wildman–Crippen LogP) is 1.17. The molecule has 27 heavy (non-hydrogen) atoms. The number of carbonyl (C=O) groups excluding carboxylic acids is 3. The molecule has 2 aliphatic rings. The van der Waals surface area contributed by atoms with Crippen LogP contribution in [0.1, 0.15) is 36.0 Å². The molecule has 0 atom stereocenters. The van der Waals surface area contributed by atoms with Gasteiger partial charge in [-0.25, -0.2) is 5.43 Å². The molecule has 1 N–H and O–H groups in total. The summed E-state index contributed by atoms with van der Waals surface area (Å²) in [7, 11) is 0. The first-order valence-corrected chi connectivity index (χ1v) is 9.42. The van der Waals surface area contributed by atoms with Crippen molar-refractivity contribution in [1.82, 2.24) is 15.2 Å². The van der Waals surface area contributed by atoms with Gasteiger partial charge in [-0.3, -0.25) is 14.4 Å². The molecule has 144 valence electrons. The summed E-state index contributed by atoms with van der Waals surface area (Å²) in [6, 6.07) is 6.12. The highest BCUT2D eigenvalue weighted by Gasteiger charge is 2.26. The zero-order valence-electron chi connectivity index (χ0n) is 16.0. The summed E-state index contributed by atoms with van der Waals surface area (Å²) in [5.74, 6) is -0.209. The van der Waals surface area contributed by atoms with Crippen LogP contribution in [0, 0.1) is 13.8 Å². The molecule has 0 bridgehead atoms. The lowest BCUT2D eigenvalue weighted by Gasteiger charge is -2.23. The van der Waals surface area contributed by atoms with E-state index in [1.807, 2.05) is 17.0 Å². The minimum atomic E-state index is -0.162. The van der Waals surface area contributed by atoms with E-state index in [1.54, 1.807) is 4.90 Å². The molecule has 1 aromatic carbocycles. The third-order valence-corrected chi connectivity index (χ3v) is 5.21. The summed E-state index contributed by atoms with van der Waals surface area (Å²) in [6.45, 7) is 6.37. The summed E-state index contributed by atoms with van der Waals surface area (Å²) in [6.07, 6.45) is 1.79. The Morgan fingerprint density at radius 3 is 2.48 bits per heavy atom. The Morgan fingerprint density at radius 1 is 1.04 bits per heavy atom. The minimum absolute atomic E-state index is 0.0924. The molecule has 1 aromatic rings. The number of nitrogens with zero attached hydrogens (tertiary/aromatic N) is 3. The lowest BCUT2D eigenvalue weighted by molar-refractivity contribution is -0.131.